The van der Waals surface area contributed by atoms with Gasteiger partial charge in [0.2, 0.25) is 5.91 Å². The second-order valence-electron chi connectivity index (χ2n) is 15.2. The van der Waals surface area contributed by atoms with E-state index in [1.54, 1.807) is 4.90 Å². The van der Waals surface area contributed by atoms with E-state index < -0.39 is 47.9 Å². The maximum absolute atomic E-state index is 13.3. The van der Waals surface area contributed by atoms with Gasteiger partial charge in [0.15, 0.2) is 0 Å². The van der Waals surface area contributed by atoms with E-state index in [1.165, 1.54) is 6.92 Å². The van der Waals surface area contributed by atoms with Crippen molar-refractivity contribution in [2.24, 2.45) is 0 Å². The molecule has 10 heteroatoms. The van der Waals surface area contributed by atoms with Crippen molar-refractivity contribution in [1.82, 2.24) is 10.2 Å². The summed E-state index contributed by atoms with van der Waals surface area (Å²) in [6, 6.07) is 29.3. The Morgan fingerprint density at radius 3 is 1.87 bits per heavy atom. The molecule has 5 rings (SSSR count). The molecule has 10 nitrogen and oxygen atoms in total. The molecule has 2 amide bonds. The quantitative estimate of drug-likeness (QED) is 0.176. The number of benzene rings is 3. The molecule has 2 saturated heterocycles. The van der Waals surface area contributed by atoms with Crippen molar-refractivity contribution in [2.75, 3.05) is 13.2 Å². The number of ether oxygens (including phenoxy) is 6. The Balaban J connectivity index is 1.38. The third kappa shape index (κ3) is 11.3. The molecule has 3 aromatic carbocycles. The summed E-state index contributed by atoms with van der Waals surface area (Å²) in [6.07, 6.45) is -0.462. The minimum absolute atomic E-state index is 0.176. The topological polar surface area (TPSA) is 105 Å². The summed E-state index contributed by atoms with van der Waals surface area (Å²) in [4.78, 5) is 27.8. The normalized spacial score (nSPS) is 24.4. The monoisotopic (exact) mass is 716 g/mol. The lowest BCUT2D eigenvalue weighted by Crippen LogP contribution is -2.65. The molecule has 0 aliphatic carbocycles. The lowest BCUT2D eigenvalue weighted by molar-refractivity contribution is -0.233. The average Bonchev–Trinajstić information content (AvgIpc) is 3.41. The largest absolute Gasteiger partial charge is 0.444 e. The number of nitrogens with zero attached hydrogens (tertiary/aromatic N) is 1. The van der Waals surface area contributed by atoms with E-state index in [1.807, 2.05) is 126 Å². The molecule has 2 heterocycles. The zero-order chi connectivity index (χ0) is 37.1. The first-order chi connectivity index (χ1) is 24.9. The summed E-state index contributed by atoms with van der Waals surface area (Å²) < 4.78 is 38.4. The van der Waals surface area contributed by atoms with E-state index in [0.717, 1.165) is 16.7 Å². The van der Waals surface area contributed by atoms with Gasteiger partial charge in [-0.15, -0.1) is 0 Å². The number of hydrogen-bond acceptors (Lipinski definition) is 8. The number of carbonyl (C=O) groups excluding carboxylic acids is 2. The lowest BCUT2D eigenvalue weighted by Gasteiger charge is -2.47. The molecule has 0 saturated carbocycles. The van der Waals surface area contributed by atoms with E-state index in [-0.39, 0.29) is 18.6 Å². The first-order valence-corrected chi connectivity index (χ1v) is 18.4. The van der Waals surface area contributed by atoms with Crippen LogP contribution in [0.25, 0.3) is 0 Å². The predicted molar refractivity (Wildman–Crippen MR) is 198 cm³/mol. The van der Waals surface area contributed by atoms with E-state index in [2.05, 4.69) is 5.32 Å². The van der Waals surface area contributed by atoms with Gasteiger partial charge in [-0.3, -0.25) is 9.69 Å². The maximum atomic E-state index is 13.3. The third-order valence-corrected chi connectivity index (χ3v) is 9.32. The van der Waals surface area contributed by atoms with Crippen molar-refractivity contribution < 1.29 is 38.0 Å². The Hall–Kier alpha value is -3.80. The summed E-state index contributed by atoms with van der Waals surface area (Å²) in [5, 5.41) is 3.17. The second-order valence-corrected chi connectivity index (χ2v) is 15.2. The van der Waals surface area contributed by atoms with Gasteiger partial charge in [-0.05, 0) is 70.6 Å². The van der Waals surface area contributed by atoms with Crippen LogP contribution in [0.3, 0.4) is 0 Å². The highest BCUT2D eigenvalue weighted by Crippen LogP contribution is 2.34. The van der Waals surface area contributed by atoms with Crippen LogP contribution in [0.1, 0.15) is 77.5 Å². The molecular weight excluding hydrogens is 660 g/mol. The van der Waals surface area contributed by atoms with Crippen LogP contribution in [0, 0.1) is 0 Å². The molecule has 2 aliphatic heterocycles. The van der Waals surface area contributed by atoms with Crippen molar-refractivity contribution in [3.8, 4) is 0 Å². The molecule has 6 atom stereocenters. The van der Waals surface area contributed by atoms with Crippen LogP contribution in [0.2, 0.25) is 0 Å². The highest BCUT2D eigenvalue weighted by atomic mass is 16.6. The maximum Gasteiger partial charge on any atom is 0.412 e. The molecule has 3 aromatic rings. The molecule has 0 unspecified atom stereocenters. The molecule has 0 bridgehead atoms. The van der Waals surface area contributed by atoms with Gasteiger partial charge in [-0.2, -0.15) is 0 Å². The van der Waals surface area contributed by atoms with Crippen LogP contribution in [-0.2, 0) is 53.0 Å². The molecule has 282 valence electrons. The van der Waals surface area contributed by atoms with Crippen LogP contribution in [0.15, 0.2) is 91.0 Å². The number of rotatable bonds is 15. The van der Waals surface area contributed by atoms with Crippen LogP contribution in [0.4, 0.5) is 4.79 Å². The fourth-order valence-electron chi connectivity index (χ4n) is 6.94. The molecule has 0 radical (unpaired) electrons. The van der Waals surface area contributed by atoms with E-state index in [0.29, 0.717) is 45.7 Å². The predicted octanol–water partition coefficient (Wildman–Crippen LogP) is 7.19. The van der Waals surface area contributed by atoms with Gasteiger partial charge >= 0.3 is 6.09 Å². The number of carbonyl (C=O) groups is 2. The van der Waals surface area contributed by atoms with Crippen LogP contribution in [-0.4, -0.2) is 77.9 Å². The van der Waals surface area contributed by atoms with Crippen LogP contribution in [0.5, 0.6) is 0 Å². The first kappa shape index (κ1) is 39.4. The SMILES string of the molecule is CC(=O)N[C@@H]1[C@@H](OCc2ccccc2)[C@H](OCc2ccccc2)[C@@H](COCc2ccccc2)O[C@@H]1CCC[C@H]1COC(C)(C)N1C(=O)OC(C)(C)C. The zero-order valence-electron chi connectivity index (χ0n) is 31.5. The number of nitrogens with one attached hydrogen (secondary N) is 1. The highest BCUT2D eigenvalue weighted by Gasteiger charge is 2.49. The summed E-state index contributed by atoms with van der Waals surface area (Å²) in [7, 11) is 0. The van der Waals surface area contributed by atoms with Gasteiger partial charge in [0.05, 0.1) is 51.2 Å². The van der Waals surface area contributed by atoms with Crippen molar-refractivity contribution >= 4 is 12.0 Å². The van der Waals surface area contributed by atoms with Crippen LogP contribution < -0.4 is 5.32 Å². The third-order valence-electron chi connectivity index (χ3n) is 9.32. The van der Waals surface area contributed by atoms with Crippen molar-refractivity contribution in [2.45, 2.75) is 128 Å². The number of hydrogen-bond donors (Lipinski definition) is 1. The Kier molecular flexibility index (Phi) is 13.9. The Morgan fingerprint density at radius 2 is 1.33 bits per heavy atom. The smallest absolute Gasteiger partial charge is 0.412 e. The van der Waals surface area contributed by atoms with E-state index >= 15 is 0 Å². The molecule has 2 aliphatic rings. The first-order valence-electron chi connectivity index (χ1n) is 18.4. The Bertz CT molecular complexity index is 1530. The standard InChI is InChI=1S/C42H56N2O8/c1-30(45)43-37-35(24-16-23-34-28-50-42(5,6)44(34)40(46)52-41(2,3)4)51-36(29-47-25-31-17-10-7-11-18-31)38(48-26-32-19-12-8-13-20-32)39(37)49-27-33-21-14-9-15-22-33/h7-15,17-22,34-39H,16,23-29H2,1-6H3,(H,43,45)/t34-,35+,36+,37-,38+,39+/m0/s1. The molecule has 1 N–H and O–H groups in total. The highest BCUT2D eigenvalue weighted by molar-refractivity contribution is 5.73. The Morgan fingerprint density at radius 1 is 0.788 bits per heavy atom. The summed E-state index contributed by atoms with van der Waals surface area (Å²) in [5.74, 6) is -0.186. The fraction of sp³-hybridized carbons (Fsp3) is 0.524. The average molecular weight is 717 g/mol. The van der Waals surface area contributed by atoms with E-state index in [9.17, 15) is 9.59 Å². The minimum atomic E-state index is -0.798. The second kappa shape index (κ2) is 18.3. The van der Waals surface area contributed by atoms with Gasteiger partial charge in [-0.1, -0.05) is 91.0 Å². The zero-order valence-corrected chi connectivity index (χ0v) is 31.5. The van der Waals surface area contributed by atoms with E-state index in [4.69, 9.17) is 28.4 Å². The molecule has 2 fully saturated rings. The van der Waals surface area contributed by atoms with Gasteiger partial charge in [0.1, 0.15) is 29.6 Å². The fourth-order valence-corrected chi connectivity index (χ4v) is 6.94. The molecule has 0 aromatic heterocycles. The molecule has 52 heavy (non-hydrogen) atoms. The molecular formula is C42H56N2O8. The number of amides is 2. The lowest BCUT2D eigenvalue weighted by atomic mass is 9.89. The summed E-state index contributed by atoms with van der Waals surface area (Å²) >= 11 is 0. The minimum Gasteiger partial charge on any atom is -0.444 e. The van der Waals surface area contributed by atoms with Gasteiger partial charge in [-0.25, -0.2) is 4.79 Å². The van der Waals surface area contributed by atoms with Crippen molar-refractivity contribution in [3.05, 3.63) is 108 Å². The van der Waals surface area contributed by atoms with Crippen molar-refractivity contribution in [3.63, 3.8) is 0 Å². The van der Waals surface area contributed by atoms with Gasteiger partial charge < -0.3 is 33.7 Å². The van der Waals surface area contributed by atoms with Crippen LogP contribution >= 0.6 is 0 Å². The summed E-state index contributed by atoms with van der Waals surface area (Å²) in [6.45, 7) is 12.6. The van der Waals surface area contributed by atoms with Crippen molar-refractivity contribution in [1.29, 1.82) is 0 Å². The summed E-state index contributed by atoms with van der Waals surface area (Å²) in [5.41, 5.74) is 1.65. The Labute approximate surface area is 309 Å². The molecule has 0 spiro atoms. The van der Waals surface area contributed by atoms with Gasteiger partial charge in [0.25, 0.3) is 0 Å². The van der Waals surface area contributed by atoms with Gasteiger partial charge in [0, 0.05) is 6.92 Å².